The maximum atomic E-state index is 12.6. The number of hydrogen-bond donors (Lipinski definition) is 2. The summed E-state index contributed by atoms with van der Waals surface area (Å²) < 4.78 is 43.2. The van der Waals surface area contributed by atoms with E-state index in [2.05, 4.69) is 4.98 Å². The fraction of sp³-hybridized carbons (Fsp3) is 0.0714. The van der Waals surface area contributed by atoms with Crippen LogP contribution >= 0.6 is 0 Å². The molecule has 3 aromatic rings. The van der Waals surface area contributed by atoms with Crippen molar-refractivity contribution in [1.29, 1.82) is 0 Å². The number of halogens is 3. The number of benzene rings is 1. The van der Waals surface area contributed by atoms with Crippen molar-refractivity contribution in [2.75, 3.05) is 0 Å². The summed E-state index contributed by atoms with van der Waals surface area (Å²) >= 11 is 0. The molecule has 21 heavy (non-hydrogen) atoms. The highest BCUT2D eigenvalue weighted by Crippen LogP contribution is 2.34. The number of aromatic nitrogens is 1. The molecule has 108 valence electrons. The molecule has 0 spiro atoms. The molecule has 2 aromatic heterocycles. The monoisotopic (exact) mass is 295 g/mol. The standard InChI is InChI=1S/C14H8F3NO3/c15-14(16,17)8-2-1-7-5-12(21-11(7)6-8)9-3-4-10(18-9)13(19)20/h1-6,18H,(H,19,20). The number of aromatic amines is 1. The van der Waals surface area contributed by atoms with Crippen molar-refractivity contribution in [1.82, 2.24) is 4.98 Å². The van der Waals surface area contributed by atoms with Gasteiger partial charge in [0, 0.05) is 5.39 Å². The first-order valence-corrected chi connectivity index (χ1v) is 5.88. The number of H-pyrrole nitrogens is 1. The molecule has 0 fully saturated rings. The lowest BCUT2D eigenvalue weighted by molar-refractivity contribution is -0.137. The van der Waals surface area contributed by atoms with Gasteiger partial charge >= 0.3 is 12.1 Å². The molecule has 4 nitrogen and oxygen atoms in total. The van der Waals surface area contributed by atoms with Gasteiger partial charge in [0.2, 0.25) is 0 Å². The van der Waals surface area contributed by atoms with Crippen LogP contribution < -0.4 is 0 Å². The fourth-order valence-corrected chi connectivity index (χ4v) is 2.00. The molecular weight excluding hydrogens is 287 g/mol. The highest BCUT2D eigenvalue weighted by Gasteiger charge is 2.31. The van der Waals surface area contributed by atoms with Crippen LogP contribution in [-0.4, -0.2) is 16.1 Å². The van der Waals surface area contributed by atoms with Gasteiger partial charge in [-0.2, -0.15) is 13.2 Å². The van der Waals surface area contributed by atoms with Gasteiger partial charge in [-0.25, -0.2) is 4.79 Å². The molecular formula is C14H8F3NO3. The first-order valence-electron chi connectivity index (χ1n) is 5.88. The Morgan fingerprint density at radius 3 is 2.52 bits per heavy atom. The number of aromatic carboxylic acids is 1. The number of fused-ring (bicyclic) bond motifs is 1. The van der Waals surface area contributed by atoms with Gasteiger partial charge in [0.25, 0.3) is 0 Å². The van der Waals surface area contributed by atoms with Gasteiger partial charge < -0.3 is 14.5 Å². The van der Waals surface area contributed by atoms with Gasteiger partial charge in [-0.3, -0.25) is 0 Å². The summed E-state index contributed by atoms with van der Waals surface area (Å²) in [6.07, 6.45) is -4.44. The van der Waals surface area contributed by atoms with E-state index in [9.17, 15) is 18.0 Å². The average Bonchev–Trinajstić information content (AvgIpc) is 3.03. The molecule has 0 atom stereocenters. The van der Waals surface area contributed by atoms with Gasteiger partial charge in [0.1, 0.15) is 11.3 Å². The Hall–Kier alpha value is -2.70. The van der Waals surface area contributed by atoms with E-state index >= 15 is 0 Å². The SMILES string of the molecule is O=C(O)c1ccc(-c2cc3ccc(C(F)(F)F)cc3o2)[nH]1. The number of nitrogens with one attached hydrogen (secondary N) is 1. The Labute approximate surface area is 115 Å². The lowest BCUT2D eigenvalue weighted by Gasteiger charge is -2.04. The summed E-state index contributed by atoms with van der Waals surface area (Å²) in [6, 6.07) is 7.59. The van der Waals surface area contributed by atoms with Crippen LogP contribution in [0.5, 0.6) is 0 Å². The minimum atomic E-state index is -4.44. The molecule has 2 N–H and O–H groups in total. The Morgan fingerprint density at radius 2 is 1.90 bits per heavy atom. The van der Waals surface area contributed by atoms with Crippen molar-refractivity contribution in [2.24, 2.45) is 0 Å². The highest BCUT2D eigenvalue weighted by atomic mass is 19.4. The summed E-state index contributed by atoms with van der Waals surface area (Å²) in [5.41, 5.74) is -0.349. The summed E-state index contributed by atoms with van der Waals surface area (Å²) in [4.78, 5) is 13.4. The summed E-state index contributed by atoms with van der Waals surface area (Å²) in [7, 11) is 0. The number of alkyl halides is 3. The van der Waals surface area contributed by atoms with Crippen LogP contribution in [0, 0.1) is 0 Å². The summed E-state index contributed by atoms with van der Waals surface area (Å²) in [6.45, 7) is 0. The minimum Gasteiger partial charge on any atom is -0.477 e. The maximum absolute atomic E-state index is 12.6. The van der Waals surface area contributed by atoms with E-state index in [1.54, 1.807) is 6.07 Å². The van der Waals surface area contributed by atoms with Crippen LogP contribution in [0.2, 0.25) is 0 Å². The molecule has 2 heterocycles. The molecule has 0 unspecified atom stereocenters. The number of rotatable bonds is 2. The van der Waals surface area contributed by atoms with Gasteiger partial charge in [-0.1, -0.05) is 6.07 Å². The third-order valence-corrected chi connectivity index (χ3v) is 3.03. The molecule has 0 amide bonds. The Morgan fingerprint density at radius 1 is 1.14 bits per heavy atom. The Bertz CT molecular complexity index is 829. The zero-order valence-corrected chi connectivity index (χ0v) is 10.4. The predicted octanol–water partition coefficient (Wildman–Crippen LogP) is 4.14. The second-order valence-electron chi connectivity index (χ2n) is 4.45. The molecule has 0 radical (unpaired) electrons. The number of carbonyl (C=O) groups is 1. The number of carboxylic acids is 1. The quantitative estimate of drug-likeness (QED) is 0.746. The molecule has 0 saturated carbocycles. The lowest BCUT2D eigenvalue weighted by atomic mass is 10.1. The Balaban J connectivity index is 2.06. The van der Waals surface area contributed by atoms with Crippen molar-refractivity contribution in [3.8, 4) is 11.5 Å². The molecule has 0 aliphatic heterocycles. The minimum absolute atomic E-state index is 0.0264. The number of carboxylic acid groups (broad SMARTS) is 1. The third kappa shape index (κ3) is 2.37. The molecule has 0 saturated heterocycles. The summed E-state index contributed by atoms with van der Waals surface area (Å²) in [5.74, 6) is -0.853. The Kier molecular flexibility index (Phi) is 2.79. The second-order valence-corrected chi connectivity index (χ2v) is 4.45. The number of furan rings is 1. The van der Waals surface area contributed by atoms with Gasteiger partial charge in [0.15, 0.2) is 5.76 Å². The van der Waals surface area contributed by atoms with E-state index in [0.29, 0.717) is 11.1 Å². The van der Waals surface area contributed by atoms with Gasteiger partial charge in [-0.05, 0) is 30.3 Å². The van der Waals surface area contributed by atoms with Crippen LogP contribution in [0.1, 0.15) is 16.1 Å². The van der Waals surface area contributed by atoms with E-state index in [4.69, 9.17) is 9.52 Å². The number of hydrogen-bond acceptors (Lipinski definition) is 2. The fourth-order valence-electron chi connectivity index (χ4n) is 2.00. The predicted molar refractivity (Wildman–Crippen MR) is 68.0 cm³/mol. The second kappa shape index (κ2) is 4.41. The molecule has 1 aromatic carbocycles. The van der Waals surface area contributed by atoms with E-state index in [1.165, 1.54) is 18.2 Å². The van der Waals surface area contributed by atoms with Crippen LogP contribution in [-0.2, 0) is 6.18 Å². The van der Waals surface area contributed by atoms with Crippen molar-refractivity contribution < 1.29 is 27.5 Å². The first kappa shape index (κ1) is 13.3. The molecule has 3 rings (SSSR count). The topological polar surface area (TPSA) is 66.2 Å². The molecule has 7 heteroatoms. The van der Waals surface area contributed by atoms with Gasteiger partial charge in [-0.15, -0.1) is 0 Å². The zero-order valence-electron chi connectivity index (χ0n) is 10.4. The highest BCUT2D eigenvalue weighted by molar-refractivity contribution is 5.88. The summed E-state index contributed by atoms with van der Waals surface area (Å²) in [5, 5.41) is 9.33. The van der Waals surface area contributed by atoms with Crippen LogP contribution in [0.25, 0.3) is 22.4 Å². The van der Waals surface area contributed by atoms with Crippen molar-refractivity contribution in [2.45, 2.75) is 6.18 Å². The van der Waals surface area contributed by atoms with Crippen molar-refractivity contribution in [3.63, 3.8) is 0 Å². The van der Waals surface area contributed by atoms with E-state index < -0.39 is 17.7 Å². The normalized spacial score (nSPS) is 12.0. The first-order chi connectivity index (χ1) is 9.84. The third-order valence-electron chi connectivity index (χ3n) is 3.03. The molecule has 0 bridgehead atoms. The zero-order chi connectivity index (χ0) is 15.2. The largest absolute Gasteiger partial charge is 0.477 e. The molecule has 0 aliphatic carbocycles. The van der Waals surface area contributed by atoms with E-state index in [-0.39, 0.29) is 17.0 Å². The smallest absolute Gasteiger partial charge is 0.416 e. The van der Waals surface area contributed by atoms with Crippen molar-refractivity contribution in [3.05, 3.63) is 47.7 Å². The average molecular weight is 295 g/mol. The van der Waals surface area contributed by atoms with Crippen LogP contribution in [0.4, 0.5) is 13.2 Å². The maximum Gasteiger partial charge on any atom is 0.416 e. The van der Waals surface area contributed by atoms with E-state index in [1.807, 2.05) is 0 Å². The van der Waals surface area contributed by atoms with Crippen LogP contribution in [0.15, 0.2) is 40.8 Å². The lowest BCUT2D eigenvalue weighted by Crippen LogP contribution is -2.03. The van der Waals surface area contributed by atoms with Crippen LogP contribution in [0.3, 0.4) is 0 Å². The van der Waals surface area contributed by atoms with Crippen molar-refractivity contribution >= 4 is 16.9 Å². The van der Waals surface area contributed by atoms with Gasteiger partial charge in [0.05, 0.1) is 11.3 Å². The van der Waals surface area contributed by atoms with E-state index in [0.717, 1.165) is 12.1 Å². The molecule has 0 aliphatic rings.